The van der Waals surface area contributed by atoms with Gasteiger partial charge in [0.25, 0.3) is 6.71 Å². The lowest BCUT2D eigenvalue weighted by molar-refractivity contribution is 0.568. The molecule has 19 rings (SSSR count). The predicted molar refractivity (Wildman–Crippen MR) is 488 cm³/mol. The smallest absolute Gasteiger partial charge is 0.252 e. The predicted octanol–water partition coefficient (Wildman–Crippen LogP) is 26.0. The topological polar surface area (TPSA) is 75.9 Å². The molecule has 0 saturated carbocycles. The second-order valence-corrected chi connectivity index (χ2v) is 35.4. The largest absolute Gasteiger partial charge is 0.311 e. The van der Waals surface area contributed by atoms with Gasteiger partial charge >= 0.3 is 0 Å². The molecule has 0 unspecified atom stereocenters. The third kappa shape index (κ3) is 13.3. The van der Waals surface area contributed by atoms with Crippen LogP contribution in [0.15, 0.2) is 334 Å². The molecule has 14 aromatic carbocycles. The molecule has 0 N–H and O–H groups in total. The normalized spacial score (nSPS) is 12.8. The van der Waals surface area contributed by atoms with Gasteiger partial charge in [0.15, 0.2) is 23.3 Å². The quantitative estimate of drug-likeness (QED) is 0.113. The summed E-state index contributed by atoms with van der Waals surface area (Å²) in [5.41, 5.74) is 31.9. The highest BCUT2D eigenvalue weighted by Gasteiger charge is 2.45. The third-order valence-corrected chi connectivity index (χ3v) is 23.4. The van der Waals surface area contributed by atoms with Crippen LogP contribution >= 0.6 is 0 Å². The van der Waals surface area contributed by atoms with Crippen LogP contribution in [0.2, 0.25) is 0 Å². The van der Waals surface area contributed by atoms with Gasteiger partial charge in [-0.2, -0.15) is 0 Å². The van der Waals surface area contributed by atoms with E-state index < -0.39 is 0 Å². The molecule has 0 atom stereocenters. The molecule has 8 nitrogen and oxygen atoms in total. The van der Waals surface area contributed by atoms with Gasteiger partial charge in [0.1, 0.15) is 0 Å². The van der Waals surface area contributed by atoms with Gasteiger partial charge in [-0.1, -0.05) is 326 Å². The fraction of sp³-hybridized carbons (Fsp3) is 0.150. The van der Waals surface area contributed by atoms with Crippen molar-refractivity contribution >= 4 is 79.0 Å². The van der Waals surface area contributed by atoms with Crippen LogP contribution in [0.25, 0.3) is 129 Å². The van der Waals surface area contributed by atoms with Crippen LogP contribution in [0.1, 0.15) is 105 Å². The highest BCUT2D eigenvalue weighted by atomic mass is 15.2. The Kier molecular flexibility index (Phi) is 17.8. The molecule has 9 heteroatoms. The molecule has 0 spiro atoms. The highest BCUT2D eigenvalue weighted by molar-refractivity contribution is 7.00. The van der Waals surface area contributed by atoms with E-state index in [1.165, 1.54) is 60.9 Å². The summed E-state index contributed by atoms with van der Waals surface area (Å²) in [6, 6.07) is 122. The minimum atomic E-state index is -0.192. The molecule has 2 aliphatic heterocycles. The Morgan fingerprint density at radius 3 is 1.03 bits per heavy atom. The Labute approximate surface area is 681 Å². The van der Waals surface area contributed by atoms with Crippen molar-refractivity contribution in [3.63, 3.8) is 0 Å². The fourth-order valence-electron chi connectivity index (χ4n) is 17.0. The average molecular weight is 1500 g/mol. The van der Waals surface area contributed by atoms with E-state index >= 15 is 0 Å². The number of hydrogen-bond acceptors (Lipinski definition) is 7. The third-order valence-electron chi connectivity index (χ3n) is 23.4. The summed E-state index contributed by atoms with van der Waals surface area (Å²) in [5.74, 6) is 2.21. The van der Waals surface area contributed by atoms with Crippen LogP contribution in [-0.2, 0) is 21.7 Å². The highest BCUT2D eigenvalue weighted by Crippen LogP contribution is 2.51. The minimum absolute atomic E-state index is 0.170. The van der Waals surface area contributed by atoms with Crippen molar-refractivity contribution in [3.8, 4) is 107 Å². The Morgan fingerprint density at radius 2 is 0.586 bits per heavy atom. The number of hydrogen-bond donors (Lipinski definition) is 0. The van der Waals surface area contributed by atoms with Gasteiger partial charge in [-0.3, -0.25) is 0 Å². The number of aromatic nitrogens is 6. The number of fused-ring (bicyclic) bond motifs is 7. The zero-order valence-electron chi connectivity index (χ0n) is 67.9. The van der Waals surface area contributed by atoms with Gasteiger partial charge in [0.2, 0.25) is 0 Å². The maximum atomic E-state index is 5.51. The van der Waals surface area contributed by atoms with E-state index in [9.17, 15) is 0 Å². The van der Waals surface area contributed by atoms with E-state index in [2.05, 4.69) is 383 Å². The van der Waals surface area contributed by atoms with Crippen molar-refractivity contribution in [2.75, 3.05) is 9.80 Å². The average Bonchev–Trinajstić information content (AvgIpc) is 0.800. The Balaban J connectivity index is 0.889. The summed E-state index contributed by atoms with van der Waals surface area (Å²) in [5, 5.41) is 2.20. The van der Waals surface area contributed by atoms with Crippen molar-refractivity contribution in [3.05, 3.63) is 356 Å². The summed E-state index contributed by atoms with van der Waals surface area (Å²) in [6.07, 6.45) is 0. The molecule has 17 aromatic rings. The number of nitrogens with zero attached hydrogens (tertiary/aromatic N) is 8. The van der Waals surface area contributed by atoms with Gasteiger partial charge in [0.05, 0.1) is 28.1 Å². The first-order valence-electron chi connectivity index (χ1n) is 40.6. The summed E-state index contributed by atoms with van der Waals surface area (Å²) in [4.78, 5) is 32.4. The molecular weight excluding hydrogens is 1410 g/mol. The molecule has 2 aliphatic rings. The standard InChI is InChI=1S/C107H91BN8/c1-104(2,3)79-61-80(105(4,5)6)64-83(63-79)114-95-53-48-75(68-33-19-13-20-34-68)57-88(95)108-89-58-76(69-35-21-14-22-36-69)49-54-96(89)115(84-65-81(106(7,8)9)62-82(66-84)107(10,11)12)98-60-78(59-97(114)99(98)108)74-47-51-93-86(55-74)85-45-31-32-46-92(85)116(93)94-52-50-77(102-109-90(70-37-23-15-24-38-70)67-91(110-102)71-39-25-16-26-40-71)56-87(94)103-112-100(72-41-27-17-28-42-72)111-101(113-103)73-43-29-18-30-44-73/h13-67H,1-12H3. The summed E-state index contributed by atoms with van der Waals surface area (Å²) in [7, 11) is 0. The summed E-state index contributed by atoms with van der Waals surface area (Å²) < 4.78 is 2.41. The van der Waals surface area contributed by atoms with Crippen LogP contribution < -0.4 is 26.2 Å². The number of para-hydroxylation sites is 1. The first-order valence-corrected chi connectivity index (χ1v) is 40.6. The van der Waals surface area contributed by atoms with Gasteiger partial charge in [-0.15, -0.1) is 0 Å². The van der Waals surface area contributed by atoms with Crippen molar-refractivity contribution in [2.45, 2.75) is 105 Å². The van der Waals surface area contributed by atoms with Gasteiger partial charge in [-0.25, -0.2) is 24.9 Å². The van der Waals surface area contributed by atoms with Crippen LogP contribution in [0.5, 0.6) is 0 Å². The van der Waals surface area contributed by atoms with Crippen molar-refractivity contribution in [2.24, 2.45) is 0 Å². The molecule has 0 radical (unpaired) electrons. The van der Waals surface area contributed by atoms with Gasteiger partial charge in [-0.05, 0) is 185 Å². The molecule has 116 heavy (non-hydrogen) atoms. The van der Waals surface area contributed by atoms with Crippen LogP contribution in [0.3, 0.4) is 0 Å². The zero-order valence-corrected chi connectivity index (χ0v) is 67.9. The maximum Gasteiger partial charge on any atom is 0.252 e. The molecule has 0 aliphatic carbocycles. The summed E-state index contributed by atoms with van der Waals surface area (Å²) in [6.45, 7) is 28.0. The second kappa shape index (κ2) is 28.3. The lowest BCUT2D eigenvalue weighted by Gasteiger charge is -2.45. The zero-order chi connectivity index (χ0) is 79.5. The molecule has 5 heterocycles. The molecule has 0 bridgehead atoms. The molecule has 562 valence electrons. The Hall–Kier alpha value is -13.4. The number of anilines is 6. The number of benzene rings is 14. The van der Waals surface area contributed by atoms with Gasteiger partial charge < -0.3 is 14.4 Å². The Bertz CT molecular complexity index is 6300. The molecule has 0 saturated heterocycles. The Morgan fingerprint density at radius 1 is 0.233 bits per heavy atom. The van der Waals surface area contributed by atoms with E-state index in [-0.39, 0.29) is 28.4 Å². The van der Waals surface area contributed by atoms with E-state index in [1.807, 2.05) is 48.5 Å². The van der Waals surface area contributed by atoms with Crippen molar-refractivity contribution in [1.82, 2.24) is 29.5 Å². The first kappa shape index (κ1) is 72.9. The SMILES string of the molecule is CC(C)(C)c1cc(N2c3ccc(-c4ccccc4)cc3B3c4cc(-c5ccccc5)ccc4N(c4cc(C(C)(C)C)cc(C(C)(C)C)c4)c4cc(-c5ccc6c(c5)c5ccccc5n6-c5ccc(-c6nc(-c7ccccc7)cc(-c7ccccc7)n6)cc5-c5nc(-c6ccccc6)nc(-c6ccccc6)n5)cc2c43)cc(C(C)(C)C)c1. The summed E-state index contributed by atoms with van der Waals surface area (Å²) >= 11 is 0. The van der Waals surface area contributed by atoms with E-state index in [0.717, 1.165) is 118 Å². The van der Waals surface area contributed by atoms with Crippen molar-refractivity contribution in [1.29, 1.82) is 0 Å². The van der Waals surface area contributed by atoms with Crippen molar-refractivity contribution < 1.29 is 0 Å². The first-order chi connectivity index (χ1) is 56.0. The number of rotatable bonds is 12. The minimum Gasteiger partial charge on any atom is -0.311 e. The fourth-order valence-corrected chi connectivity index (χ4v) is 17.0. The molecule has 0 amide bonds. The maximum absolute atomic E-state index is 5.51. The lowest BCUT2D eigenvalue weighted by Crippen LogP contribution is -2.61. The van der Waals surface area contributed by atoms with E-state index in [1.54, 1.807) is 0 Å². The van der Waals surface area contributed by atoms with Crippen LogP contribution in [-0.4, -0.2) is 36.2 Å². The molecular formula is C107H91BN8. The van der Waals surface area contributed by atoms with Crippen LogP contribution in [0.4, 0.5) is 34.1 Å². The van der Waals surface area contributed by atoms with E-state index in [0.29, 0.717) is 23.3 Å². The molecule has 3 aromatic heterocycles. The molecule has 0 fully saturated rings. The lowest BCUT2D eigenvalue weighted by atomic mass is 9.33. The second-order valence-electron chi connectivity index (χ2n) is 35.4. The van der Waals surface area contributed by atoms with Crippen LogP contribution in [0, 0.1) is 0 Å². The monoisotopic (exact) mass is 1500 g/mol. The van der Waals surface area contributed by atoms with Gasteiger partial charge in [0, 0.05) is 78.3 Å². The van der Waals surface area contributed by atoms with E-state index in [4.69, 9.17) is 24.9 Å².